The van der Waals surface area contributed by atoms with Gasteiger partial charge in [0.25, 0.3) is 0 Å². The molecule has 0 aliphatic heterocycles. The van der Waals surface area contributed by atoms with Gasteiger partial charge in [-0.25, -0.2) is 4.79 Å². The molecule has 0 rings (SSSR count). The van der Waals surface area contributed by atoms with Gasteiger partial charge in [0.2, 0.25) is 5.91 Å². The van der Waals surface area contributed by atoms with Gasteiger partial charge in [0, 0.05) is 6.42 Å². The fourth-order valence-corrected chi connectivity index (χ4v) is 1.20. The first-order valence-electron chi connectivity index (χ1n) is 5.24. The van der Waals surface area contributed by atoms with Crippen LogP contribution in [0.4, 0.5) is 13.2 Å². The lowest BCUT2D eigenvalue weighted by Crippen LogP contribution is -2.41. The van der Waals surface area contributed by atoms with E-state index < -0.39 is 36.9 Å². The van der Waals surface area contributed by atoms with Gasteiger partial charge in [-0.2, -0.15) is 13.2 Å². The summed E-state index contributed by atoms with van der Waals surface area (Å²) in [7, 11) is 1.16. The van der Waals surface area contributed by atoms with Gasteiger partial charge in [-0.05, 0) is 6.42 Å². The van der Waals surface area contributed by atoms with Crippen molar-refractivity contribution in [3.05, 3.63) is 0 Å². The second-order valence-corrected chi connectivity index (χ2v) is 3.55. The molecule has 1 atom stereocenters. The summed E-state index contributed by atoms with van der Waals surface area (Å²) in [5, 5.41) is 2.23. The van der Waals surface area contributed by atoms with E-state index in [4.69, 9.17) is 0 Å². The molecule has 0 aromatic heterocycles. The van der Waals surface area contributed by atoms with Crippen LogP contribution in [0.25, 0.3) is 0 Å². The number of carbonyl (C=O) groups excluding carboxylic acids is 2. The van der Waals surface area contributed by atoms with Crippen LogP contribution >= 0.6 is 0 Å². The Bertz CT molecular complexity index is 266. The van der Waals surface area contributed by atoms with E-state index in [-0.39, 0.29) is 0 Å². The summed E-state index contributed by atoms with van der Waals surface area (Å²) in [5.74, 6) is -1.45. The topological polar surface area (TPSA) is 55.4 Å². The zero-order chi connectivity index (χ0) is 13.5. The smallest absolute Gasteiger partial charge is 0.389 e. The molecule has 0 aliphatic rings. The molecule has 0 fully saturated rings. The van der Waals surface area contributed by atoms with Gasteiger partial charge in [0.1, 0.15) is 6.04 Å². The summed E-state index contributed by atoms with van der Waals surface area (Å²) >= 11 is 0. The standard InChI is InChI=1S/C10H16F3NO3/c1-3-4-7(9(16)17-2)14-8(15)5-6-10(11,12)13/h7H,3-6H2,1-2H3,(H,14,15). The predicted octanol–water partition coefficient (Wildman–Crippen LogP) is 1.79. The fourth-order valence-electron chi connectivity index (χ4n) is 1.20. The monoisotopic (exact) mass is 255 g/mol. The first-order chi connectivity index (χ1) is 7.80. The second kappa shape index (κ2) is 7.13. The fraction of sp³-hybridized carbons (Fsp3) is 0.800. The van der Waals surface area contributed by atoms with Crippen LogP contribution in [0.1, 0.15) is 32.6 Å². The largest absolute Gasteiger partial charge is 0.467 e. The van der Waals surface area contributed by atoms with Crippen LogP contribution in [0.3, 0.4) is 0 Å². The molecule has 1 N–H and O–H groups in total. The van der Waals surface area contributed by atoms with Crippen molar-refractivity contribution in [3.8, 4) is 0 Å². The number of methoxy groups -OCH3 is 1. The van der Waals surface area contributed by atoms with Gasteiger partial charge in [-0.3, -0.25) is 4.79 Å². The number of amides is 1. The third-order valence-electron chi connectivity index (χ3n) is 2.03. The number of carbonyl (C=O) groups is 2. The lowest BCUT2D eigenvalue weighted by atomic mass is 10.1. The van der Waals surface area contributed by atoms with Crippen LogP contribution < -0.4 is 5.32 Å². The third kappa shape index (κ3) is 7.59. The minimum Gasteiger partial charge on any atom is -0.467 e. The van der Waals surface area contributed by atoms with E-state index in [1.807, 2.05) is 0 Å². The molecule has 0 saturated heterocycles. The van der Waals surface area contributed by atoms with E-state index in [1.165, 1.54) is 0 Å². The Morgan fingerprint density at radius 1 is 1.35 bits per heavy atom. The maximum absolute atomic E-state index is 11.9. The number of alkyl halides is 3. The Labute approximate surface area is 97.5 Å². The first kappa shape index (κ1) is 15.7. The SMILES string of the molecule is CCCC(NC(=O)CCC(F)(F)F)C(=O)OC. The van der Waals surface area contributed by atoms with Crippen molar-refractivity contribution in [2.45, 2.75) is 44.8 Å². The molecule has 7 heteroatoms. The number of esters is 1. The molecular formula is C10H16F3NO3. The molecule has 17 heavy (non-hydrogen) atoms. The molecule has 0 aromatic carbocycles. The summed E-state index contributed by atoms with van der Waals surface area (Å²) in [4.78, 5) is 22.4. The Morgan fingerprint density at radius 2 is 1.94 bits per heavy atom. The number of hydrogen-bond donors (Lipinski definition) is 1. The van der Waals surface area contributed by atoms with Crippen LogP contribution in [-0.4, -0.2) is 31.2 Å². The number of halogens is 3. The van der Waals surface area contributed by atoms with Gasteiger partial charge in [-0.15, -0.1) is 0 Å². The van der Waals surface area contributed by atoms with Crippen molar-refractivity contribution in [1.29, 1.82) is 0 Å². The molecule has 1 amide bonds. The summed E-state index contributed by atoms with van der Waals surface area (Å²) in [6.07, 6.45) is -5.30. The van der Waals surface area contributed by atoms with Crippen molar-refractivity contribution < 1.29 is 27.5 Å². The zero-order valence-corrected chi connectivity index (χ0v) is 9.76. The van der Waals surface area contributed by atoms with E-state index >= 15 is 0 Å². The molecule has 0 aromatic rings. The number of nitrogens with one attached hydrogen (secondary N) is 1. The number of hydrogen-bond acceptors (Lipinski definition) is 3. The molecule has 4 nitrogen and oxygen atoms in total. The zero-order valence-electron chi connectivity index (χ0n) is 9.76. The molecule has 0 saturated carbocycles. The maximum atomic E-state index is 11.9. The summed E-state index contributed by atoms with van der Waals surface area (Å²) in [6, 6.07) is -0.870. The Hall–Kier alpha value is -1.27. The van der Waals surface area contributed by atoms with Gasteiger partial charge in [0.15, 0.2) is 0 Å². The average molecular weight is 255 g/mol. The van der Waals surface area contributed by atoms with Crippen LogP contribution in [0, 0.1) is 0 Å². The molecule has 0 aliphatic carbocycles. The van der Waals surface area contributed by atoms with Gasteiger partial charge < -0.3 is 10.1 Å². The summed E-state index contributed by atoms with van der Waals surface area (Å²) in [5.41, 5.74) is 0. The molecule has 0 spiro atoms. The highest BCUT2D eigenvalue weighted by molar-refractivity contribution is 5.84. The van der Waals surface area contributed by atoms with Crippen LogP contribution in [-0.2, 0) is 14.3 Å². The minimum atomic E-state index is -4.37. The van der Waals surface area contributed by atoms with Crippen molar-refractivity contribution in [2.24, 2.45) is 0 Å². The number of ether oxygens (including phenoxy) is 1. The molecule has 100 valence electrons. The van der Waals surface area contributed by atoms with Crippen molar-refractivity contribution >= 4 is 11.9 Å². The minimum absolute atomic E-state index is 0.338. The maximum Gasteiger partial charge on any atom is 0.389 e. The molecule has 0 bridgehead atoms. The van der Waals surface area contributed by atoms with Crippen LogP contribution in [0.5, 0.6) is 0 Å². The summed E-state index contributed by atoms with van der Waals surface area (Å²) in [6.45, 7) is 1.79. The Balaban J connectivity index is 4.17. The second-order valence-electron chi connectivity index (χ2n) is 3.55. The van der Waals surface area contributed by atoms with Crippen LogP contribution in [0.2, 0.25) is 0 Å². The molecule has 0 heterocycles. The highest BCUT2D eigenvalue weighted by Gasteiger charge is 2.29. The third-order valence-corrected chi connectivity index (χ3v) is 2.03. The average Bonchev–Trinajstić information content (AvgIpc) is 2.24. The number of rotatable bonds is 6. The van der Waals surface area contributed by atoms with Gasteiger partial charge in [0.05, 0.1) is 13.5 Å². The Morgan fingerprint density at radius 3 is 2.35 bits per heavy atom. The quantitative estimate of drug-likeness (QED) is 0.736. The lowest BCUT2D eigenvalue weighted by Gasteiger charge is -2.15. The Kier molecular flexibility index (Phi) is 6.60. The van der Waals surface area contributed by atoms with E-state index in [0.717, 1.165) is 7.11 Å². The van der Waals surface area contributed by atoms with Gasteiger partial charge in [-0.1, -0.05) is 13.3 Å². The van der Waals surface area contributed by atoms with Crippen molar-refractivity contribution in [1.82, 2.24) is 5.32 Å². The lowest BCUT2D eigenvalue weighted by molar-refractivity contribution is -0.148. The van der Waals surface area contributed by atoms with Gasteiger partial charge >= 0.3 is 12.1 Å². The molecule has 0 radical (unpaired) electrons. The molecule has 1 unspecified atom stereocenters. The van der Waals surface area contributed by atoms with Crippen molar-refractivity contribution in [3.63, 3.8) is 0 Å². The summed E-state index contributed by atoms with van der Waals surface area (Å²) < 4.78 is 40.0. The predicted molar refractivity (Wildman–Crippen MR) is 54.1 cm³/mol. The van der Waals surface area contributed by atoms with E-state index in [1.54, 1.807) is 6.92 Å². The molecular weight excluding hydrogens is 239 g/mol. The normalized spacial score (nSPS) is 13.0. The van der Waals surface area contributed by atoms with E-state index in [0.29, 0.717) is 12.8 Å². The van der Waals surface area contributed by atoms with E-state index in [2.05, 4.69) is 10.1 Å². The highest BCUT2D eigenvalue weighted by Crippen LogP contribution is 2.21. The first-order valence-corrected chi connectivity index (χ1v) is 5.24. The van der Waals surface area contributed by atoms with Crippen molar-refractivity contribution in [2.75, 3.05) is 7.11 Å². The van der Waals surface area contributed by atoms with E-state index in [9.17, 15) is 22.8 Å². The van der Waals surface area contributed by atoms with Crippen LogP contribution in [0.15, 0.2) is 0 Å². The highest BCUT2D eigenvalue weighted by atomic mass is 19.4.